The van der Waals surface area contributed by atoms with Crippen LogP contribution in [0.25, 0.3) is 10.2 Å². The summed E-state index contributed by atoms with van der Waals surface area (Å²) in [5.41, 5.74) is 3.72. The number of carbonyl (C=O) groups excluding carboxylic acids is 1. The molecule has 2 N–H and O–H groups in total. The first-order valence-corrected chi connectivity index (χ1v) is 8.75. The van der Waals surface area contributed by atoms with E-state index < -0.39 is 0 Å². The van der Waals surface area contributed by atoms with E-state index in [0.29, 0.717) is 18.3 Å². The lowest BCUT2D eigenvalue weighted by molar-refractivity contribution is 0.186. The lowest BCUT2D eigenvalue weighted by Gasteiger charge is -2.06. The summed E-state index contributed by atoms with van der Waals surface area (Å²) in [5, 5.41) is 6.20. The third-order valence-electron chi connectivity index (χ3n) is 3.97. The normalized spacial score (nSPS) is 12.7. The van der Waals surface area contributed by atoms with E-state index in [4.69, 9.17) is 9.47 Å². The molecule has 0 aliphatic carbocycles. The predicted molar refractivity (Wildman–Crippen MR) is 98.6 cm³/mol. The summed E-state index contributed by atoms with van der Waals surface area (Å²) < 4.78 is 11.7. The summed E-state index contributed by atoms with van der Waals surface area (Å²) in [6.07, 6.45) is 0.868. The summed E-state index contributed by atoms with van der Waals surface area (Å²) >= 11 is 1.44. The molecule has 1 aromatic heterocycles. The molecule has 1 aliphatic heterocycles. The molecule has 2 aromatic carbocycles. The first kappa shape index (κ1) is 15.9. The number of hydrogen-bond acceptors (Lipinski definition) is 5. The molecule has 0 bridgehead atoms. The van der Waals surface area contributed by atoms with Crippen LogP contribution in [0.3, 0.4) is 0 Å². The van der Waals surface area contributed by atoms with Gasteiger partial charge in [0.05, 0.1) is 23.4 Å². The van der Waals surface area contributed by atoms with E-state index in [0.717, 1.165) is 39.2 Å². The van der Waals surface area contributed by atoms with E-state index in [2.05, 4.69) is 15.6 Å². The number of benzene rings is 2. The number of carbonyl (C=O) groups is 1. The third-order valence-corrected chi connectivity index (χ3v) is 4.91. The van der Waals surface area contributed by atoms with Crippen molar-refractivity contribution in [3.8, 4) is 5.75 Å². The van der Waals surface area contributed by atoms with Crippen LogP contribution in [0.2, 0.25) is 0 Å². The number of rotatable bonds is 4. The van der Waals surface area contributed by atoms with Gasteiger partial charge < -0.3 is 14.8 Å². The van der Waals surface area contributed by atoms with Gasteiger partial charge in [0, 0.05) is 24.8 Å². The Hall–Kier alpha value is -2.64. The molecule has 6 nitrogen and oxygen atoms in total. The van der Waals surface area contributed by atoms with Crippen LogP contribution < -0.4 is 15.4 Å². The molecule has 2 amide bonds. The second-order valence-corrected chi connectivity index (χ2v) is 6.75. The summed E-state index contributed by atoms with van der Waals surface area (Å²) in [4.78, 5) is 16.8. The largest absolute Gasteiger partial charge is 0.493 e. The van der Waals surface area contributed by atoms with E-state index in [-0.39, 0.29) is 6.03 Å². The second-order valence-electron chi connectivity index (χ2n) is 5.72. The topological polar surface area (TPSA) is 72.5 Å². The highest BCUT2D eigenvalue weighted by molar-refractivity contribution is 7.22. The fourth-order valence-electron chi connectivity index (χ4n) is 2.85. The molecule has 1 aliphatic rings. The molecule has 0 fully saturated rings. The number of para-hydroxylation sites is 1. The van der Waals surface area contributed by atoms with Crippen LogP contribution in [0, 0.1) is 0 Å². The fourth-order valence-corrected chi connectivity index (χ4v) is 3.76. The summed E-state index contributed by atoms with van der Waals surface area (Å²) in [6, 6.07) is 11.3. The molecule has 0 unspecified atom stereocenters. The average molecular weight is 355 g/mol. The molecule has 128 valence electrons. The Labute approximate surface area is 148 Å². The summed E-state index contributed by atoms with van der Waals surface area (Å²) in [5.74, 6) is 0.891. The van der Waals surface area contributed by atoms with Gasteiger partial charge >= 0.3 is 6.03 Å². The van der Waals surface area contributed by atoms with E-state index in [1.807, 2.05) is 36.4 Å². The maximum absolute atomic E-state index is 12.3. The van der Waals surface area contributed by atoms with Crippen molar-refractivity contribution in [1.82, 2.24) is 4.98 Å². The smallest absolute Gasteiger partial charge is 0.325 e. The zero-order valence-corrected chi connectivity index (χ0v) is 14.5. The van der Waals surface area contributed by atoms with Gasteiger partial charge in [-0.25, -0.2) is 9.78 Å². The SMILES string of the molecule is COCc1cccc2sc(NC(=O)Nc3ccc4c(c3)CCO4)nc12. The number of methoxy groups -OCH3 is 1. The van der Waals surface area contributed by atoms with Gasteiger partial charge in [-0.15, -0.1) is 0 Å². The Morgan fingerprint density at radius 2 is 2.24 bits per heavy atom. The molecule has 4 rings (SSSR count). The monoisotopic (exact) mass is 355 g/mol. The molecular formula is C18H17N3O3S. The van der Waals surface area contributed by atoms with E-state index >= 15 is 0 Å². The van der Waals surface area contributed by atoms with Crippen LogP contribution in [0.1, 0.15) is 11.1 Å². The lowest BCUT2D eigenvalue weighted by Crippen LogP contribution is -2.19. The first-order valence-electron chi connectivity index (χ1n) is 7.94. The van der Waals surface area contributed by atoms with Gasteiger partial charge in [-0.05, 0) is 29.8 Å². The maximum atomic E-state index is 12.3. The van der Waals surface area contributed by atoms with Crippen LogP contribution >= 0.6 is 11.3 Å². The molecule has 7 heteroatoms. The third kappa shape index (κ3) is 3.29. The molecule has 25 heavy (non-hydrogen) atoms. The highest BCUT2D eigenvalue weighted by Gasteiger charge is 2.14. The lowest BCUT2D eigenvalue weighted by atomic mass is 10.1. The minimum Gasteiger partial charge on any atom is -0.493 e. The van der Waals surface area contributed by atoms with E-state index in [1.54, 1.807) is 7.11 Å². The van der Waals surface area contributed by atoms with Crippen molar-refractivity contribution >= 4 is 38.4 Å². The molecular weight excluding hydrogens is 338 g/mol. The minimum absolute atomic E-state index is 0.314. The van der Waals surface area contributed by atoms with Gasteiger partial charge in [-0.2, -0.15) is 0 Å². The zero-order chi connectivity index (χ0) is 17.2. The quantitative estimate of drug-likeness (QED) is 0.741. The molecule has 0 radical (unpaired) electrons. The standard InChI is InChI=1S/C18H17N3O3S/c1-23-10-12-3-2-4-15-16(12)20-18(25-15)21-17(22)19-13-5-6-14-11(9-13)7-8-24-14/h2-6,9H,7-8,10H2,1H3,(H2,19,20,21,22). The highest BCUT2D eigenvalue weighted by atomic mass is 32.1. The number of nitrogens with zero attached hydrogens (tertiary/aromatic N) is 1. The number of hydrogen-bond donors (Lipinski definition) is 2. The van der Waals surface area contributed by atoms with Crippen LogP contribution in [-0.4, -0.2) is 24.7 Å². The highest BCUT2D eigenvalue weighted by Crippen LogP contribution is 2.30. The molecule has 3 aromatic rings. The summed E-state index contributed by atoms with van der Waals surface area (Å²) in [6.45, 7) is 1.18. The van der Waals surface area contributed by atoms with Crippen LogP contribution in [-0.2, 0) is 17.8 Å². The van der Waals surface area contributed by atoms with Crippen LogP contribution in [0.4, 0.5) is 15.6 Å². The molecule has 0 atom stereocenters. The van der Waals surface area contributed by atoms with Crippen LogP contribution in [0.5, 0.6) is 5.75 Å². The van der Waals surface area contributed by atoms with Crippen molar-refractivity contribution in [2.24, 2.45) is 0 Å². The maximum Gasteiger partial charge on any atom is 0.325 e. The van der Waals surface area contributed by atoms with Gasteiger partial charge in [-0.3, -0.25) is 5.32 Å². The number of ether oxygens (including phenoxy) is 2. The number of fused-ring (bicyclic) bond motifs is 2. The Balaban J connectivity index is 1.49. The van der Waals surface area contributed by atoms with E-state index in [9.17, 15) is 4.79 Å². The number of thiazole rings is 1. The zero-order valence-electron chi connectivity index (χ0n) is 13.7. The van der Waals surface area contributed by atoms with Gasteiger partial charge in [0.1, 0.15) is 5.75 Å². The number of amides is 2. The second kappa shape index (κ2) is 6.70. The Bertz CT molecular complexity index is 938. The first-order chi connectivity index (χ1) is 12.2. The Morgan fingerprint density at radius 1 is 1.32 bits per heavy atom. The van der Waals surface area contributed by atoms with Gasteiger partial charge in [-0.1, -0.05) is 23.5 Å². The van der Waals surface area contributed by atoms with Crippen molar-refractivity contribution < 1.29 is 14.3 Å². The van der Waals surface area contributed by atoms with Crippen molar-refractivity contribution in [3.05, 3.63) is 47.5 Å². The van der Waals surface area contributed by atoms with Crippen molar-refractivity contribution in [2.75, 3.05) is 24.4 Å². The summed E-state index contributed by atoms with van der Waals surface area (Å²) in [7, 11) is 1.65. The minimum atomic E-state index is -0.314. The van der Waals surface area contributed by atoms with Gasteiger partial charge in [0.25, 0.3) is 0 Å². The average Bonchev–Trinajstić information content (AvgIpc) is 3.21. The van der Waals surface area contributed by atoms with E-state index in [1.165, 1.54) is 11.3 Å². The number of urea groups is 1. The molecule has 0 saturated carbocycles. The van der Waals surface area contributed by atoms with Crippen LogP contribution in [0.15, 0.2) is 36.4 Å². The predicted octanol–water partition coefficient (Wildman–Crippen LogP) is 4.02. The van der Waals surface area contributed by atoms with Crippen molar-refractivity contribution in [2.45, 2.75) is 13.0 Å². The molecule has 0 spiro atoms. The number of anilines is 2. The Kier molecular flexibility index (Phi) is 4.25. The molecule has 0 saturated heterocycles. The fraction of sp³-hybridized carbons (Fsp3) is 0.222. The van der Waals surface area contributed by atoms with Gasteiger partial charge in [0.2, 0.25) is 0 Å². The van der Waals surface area contributed by atoms with Crippen molar-refractivity contribution in [1.29, 1.82) is 0 Å². The van der Waals surface area contributed by atoms with Crippen molar-refractivity contribution in [3.63, 3.8) is 0 Å². The number of nitrogens with one attached hydrogen (secondary N) is 2. The number of aromatic nitrogens is 1. The molecule has 2 heterocycles. The Morgan fingerprint density at radius 3 is 3.12 bits per heavy atom. The van der Waals surface area contributed by atoms with Gasteiger partial charge in [0.15, 0.2) is 5.13 Å².